The van der Waals surface area contributed by atoms with Gasteiger partial charge in [0, 0.05) is 23.7 Å². The molecule has 0 fully saturated rings. The topological polar surface area (TPSA) is 42.5 Å². The van der Waals surface area contributed by atoms with Crippen molar-refractivity contribution in [2.45, 2.75) is 31.9 Å². The van der Waals surface area contributed by atoms with Gasteiger partial charge in [0.05, 0.1) is 13.2 Å². The zero-order valence-corrected chi connectivity index (χ0v) is 14.9. The first-order valence-electron chi connectivity index (χ1n) is 7.96. The summed E-state index contributed by atoms with van der Waals surface area (Å²) in [5, 5.41) is 7.24. The SMILES string of the molecule is COc1ccc2c(c1)OC(C)(C)C[C@@H]2NC(=S)Nc1ccccc1. The third-order valence-corrected chi connectivity index (χ3v) is 4.23. The maximum atomic E-state index is 6.11. The van der Waals surface area contributed by atoms with Crippen molar-refractivity contribution in [2.24, 2.45) is 0 Å². The van der Waals surface area contributed by atoms with E-state index >= 15 is 0 Å². The van der Waals surface area contributed by atoms with E-state index in [4.69, 9.17) is 21.7 Å². The van der Waals surface area contributed by atoms with Crippen LogP contribution in [-0.2, 0) is 0 Å². The Hall–Kier alpha value is -2.27. The van der Waals surface area contributed by atoms with Crippen molar-refractivity contribution in [2.75, 3.05) is 12.4 Å². The Labute approximate surface area is 148 Å². The monoisotopic (exact) mass is 342 g/mol. The Morgan fingerprint density at radius 3 is 2.67 bits per heavy atom. The summed E-state index contributed by atoms with van der Waals surface area (Å²) >= 11 is 5.48. The summed E-state index contributed by atoms with van der Waals surface area (Å²) in [5.41, 5.74) is 1.78. The first kappa shape index (κ1) is 16.6. The van der Waals surface area contributed by atoms with Gasteiger partial charge < -0.3 is 20.1 Å². The second-order valence-corrected chi connectivity index (χ2v) is 6.89. The summed E-state index contributed by atoms with van der Waals surface area (Å²) in [6.07, 6.45) is 0.822. The lowest BCUT2D eigenvalue weighted by Gasteiger charge is -2.38. The van der Waals surface area contributed by atoms with Gasteiger partial charge in [-0.25, -0.2) is 0 Å². The molecule has 1 atom stereocenters. The van der Waals surface area contributed by atoms with Crippen molar-refractivity contribution in [1.29, 1.82) is 0 Å². The minimum Gasteiger partial charge on any atom is -0.497 e. The number of hydrogen-bond acceptors (Lipinski definition) is 3. The summed E-state index contributed by atoms with van der Waals surface area (Å²) in [4.78, 5) is 0. The minimum atomic E-state index is -0.278. The van der Waals surface area contributed by atoms with Gasteiger partial charge in [-0.15, -0.1) is 0 Å². The van der Waals surface area contributed by atoms with E-state index in [1.54, 1.807) is 7.11 Å². The molecule has 0 aliphatic carbocycles. The molecule has 0 radical (unpaired) electrons. The van der Waals surface area contributed by atoms with Crippen LogP contribution in [0.4, 0.5) is 5.69 Å². The van der Waals surface area contributed by atoms with Gasteiger partial charge in [-0.2, -0.15) is 0 Å². The van der Waals surface area contributed by atoms with Crippen LogP contribution >= 0.6 is 12.2 Å². The number of benzene rings is 2. The van der Waals surface area contributed by atoms with E-state index < -0.39 is 0 Å². The zero-order chi connectivity index (χ0) is 17.2. The van der Waals surface area contributed by atoms with Crippen LogP contribution < -0.4 is 20.1 Å². The molecule has 5 heteroatoms. The fourth-order valence-electron chi connectivity index (χ4n) is 2.93. The highest BCUT2D eigenvalue weighted by atomic mass is 32.1. The average molecular weight is 342 g/mol. The highest BCUT2D eigenvalue weighted by Gasteiger charge is 2.34. The molecule has 1 aliphatic heterocycles. The van der Waals surface area contributed by atoms with Crippen LogP contribution in [0.3, 0.4) is 0 Å². The predicted octanol–water partition coefficient (Wildman–Crippen LogP) is 4.28. The van der Waals surface area contributed by atoms with Gasteiger partial charge in [0.25, 0.3) is 0 Å². The van der Waals surface area contributed by atoms with Crippen molar-refractivity contribution in [3.8, 4) is 11.5 Å². The van der Waals surface area contributed by atoms with E-state index in [0.29, 0.717) is 5.11 Å². The lowest BCUT2D eigenvalue weighted by molar-refractivity contribution is 0.0693. The molecule has 0 unspecified atom stereocenters. The van der Waals surface area contributed by atoms with Crippen LogP contribution in [0.1, 0.15) is 31.9 Å². The normalized spacial score (nSPS) is 18.0. The Morgan fingerprint density at radius 1 is 1.21 bits per heavy atom. The van der Waals surface area contributed by atoms with Gasteiger partial charge in [0.2, 0.25) is 0 Å². The summed E-state index contributed by atoms with van der Waals surface area (Å²) in [5.74, 6) is 1.63. The highest BCUT2D eigenvalue weighted by molar-refractivity contribution is 7.80. The second kappa shape index (κ2) is 6.69. The maximum absolute atomic E-state index is 6.11. The molecule has 2 aromatic rings. The Morgan fingerprint density at radius 2 is 1.96 bits per heavy atom. The zero-order valence-electron chi connectivity index (χ0n) is 14.1. The van der Waals surface area contributed by atoms with Gasteiger partial charge >= 0.3 is 0 Å². The van der Waals surface area contributed by atoms with E-state index in [-0.39, 0.29) is 11.6 Å². The maximum Gasteiger partial charge on any atom is 0.171 e. The molecule has 126 valence electrons. The van der Waals surface area contributed by atoms with E-state index in [9.17, 15) is 0 Å². The summed E-state index contributed by atoms with van der Waals surface area (Å²) in [6.45, 7) is 4.16. The second-order valence-electron chi connectivity index (χ2n) is 6.49. The van der Waals surface area contributed by atoms with Crippen LogP contribution in [0.2, 0.25) is 0 Å². The van der Waals surface area contributed by atoms with Crippen molar-refractivity contribution in [3.05, 3.63) is 54.1 Å². The number of methoxy groups -OCH3 is 1. The Bertz CT molecular complexity index is 731. The number of nitrogens with one attached hydrogen (secondary N) is 2. The molecular formula is C19H22N2O2S. The molecule has 1 heterocycles. The fraction of sp³-hybridized carbons (Fsp3) is 0.316. The van der Waals surface area contributed by atoms with Gasteiger partial charge in [-0.1, -0.05) is 18.2 Å². The smallest absolute Gasteiger partial charge is 0.171 e. The molecule has 2 aromatic carbocycles. The first-order chi connectivity index (χ1) is 11.5. The number of para-hydroxylation sites is 1. The van der Waals surface area contributed by atoms with Crippen LogP contribution in [0.15, 0.2) is 48.5 Å². The largest absolute Gasteiger partial charge is 0.497 e. The third-order valence-electron chi connectivity index (χ3n) is 4.02. The minimum absolute atomic E-state index is 0.0818. The van der Waals surface area contributed by atoms with Crippen molar-refractivity contribution < 1.29 is 9.47 Å². The van der Waals surface area contributed by atoms with Gasteiger partial charge in [-0.3, -0.25) is 0 Å². The number of rotatable bonds is 3. The van der Waals surface area contributed by atoms with Crippen LogP contribution in [-0.4, -0.2) is 17.8 Å². The van der Waals surface area contributed by atoms with E-state index in [1.165, 1.54) is 0 Å². The highest BCUT2D eigenvalue weighted by Crippen LogP contribution is 2.41. The molecular weight excluding hydrogens is 320 g/mol. The van der Waals surface area contributed by atoms with Crippen LogP contribution in [0.5, 0.6) is 11.5 Å². The summed E-state index contributed by atoms with van der Waals surface area (Å²) in [6, 6.07) is 15.9. The molecule has 4 nitrogen and oxygen atoms in total. The van der Waals surface area contributed by atoms with Crippen molar-refractivity contribution in [1.82, 2.24) is 5.32 Å². The first-order valence-corrected chi connectivity index (χ1v) is 8.37. The molecule has 0 amide bonds. The number of hydrogen-bond donors (Lipinski definition) is 2. The number of anilines is 1. The summed E-state index contributed by atoms with van der Waals surface area (Å²) in [7, 11) is 1.66. The molecule has 1 aliphatic rings. The molecule has 0 spiro atoms. The Kier molecular flexibility index (Phi) is 4.62. The molecule has 24 heavy (non-hydrogen) atoms. The van der Waals surface area contributed by atoms with Crippen molar-refractivity contribution in [3.63, 3.8) is 0 Å². The quantitative estimate of drug-likeness (QED) is 0.815. The van der Waals surface area contributed by atoms with E-state index in [1.807, 2.05) is 48.5 Å². The lowest BCUT2D eigenvalue weighted by atomic mass is 9.89. The van der Waals surface area contributed by atoms with Crippen LogP contribution in [0.25, 0.3) is 0 Å². The number of fused-ring (bicyclic) bond motifs is 1. The molecule has 0 saturated heterocycles. The van der Waals surface area contributed by atoms with Gasteiger partial charge in [-0.05, 0) is 50.3 Å². The molecule has 0 saturated carbocycles. The standard InChI is InChI=1S/C19H22N2O2S/c1-19(2)12-16(15-10-9-14(22-3)11-17(15)23-19)21-18(24)20-13-7-5-4-6-8-13/h4-11,16H,12H2,1-3H3,(H2,20,21,24)/t16-/m0/s1. The van der Waals surface area contributed by atoms with Gasteiger partial charge in [0.1, 0.15) is 17.1 Å². The summed E-state index contributed by atoms with van der Waals surface area (Å²) < 4.78 is 11.4. The number of thiocarbonyl (C=S) groups is 1. The van der Waals surface area contributed by atoms with Crippen LogP contribution in [0, 0.1) is 0 Å². The molecule has 2 N–H and O–H groups in total. The van der Waals surface area contributed by atoms with E-state index in [2.05, 4.69) is 24.5 Å². The Balaban J connectivity index is 1.79. The molecule has 3 rings (SSSR count). The van der Waals surface area contributed by atoms with E-state index in [0.717, 1.165) is 29.2 Å². The number of ether oxygens (including phenoxy) is 2. The van der Waals surface area contributed by atoms with Crippen molar-refractivity contribution >= 4 is 23.0 Å². The molecule has 0 aromatic heterocycles. The van der Waals surface area contributed by atoms with Gasteiger partial charge in [0.15, 0.2) is 5.11 Å². The third kappa shape index (κ3) is 3.79. The molecule has 0 bridgehead atoms. The lowest BCUT2D eigenvalue weighted by Crippen LogP contribution is -2.42. The predicted molar refractivity (Wildman–Crippen MR) is 101 cm³/mol. The fourth-order valence-corrected chi connectivity index (χ4v) is 3.19. The average Bonchev–Trinajstić information content (AvgIpc) is 2.54.